The second-order valence-electron chi connectivity index (χ2n) is 5.85. The normalized spacial score (nSPS) is 28.7. The maximum Gasteiger partial charge on any atom is 0.0443 e. The number of likely N-dealkylation sites (tertiary alicyclic amines) is 1. The van der Waals surface area contributed by atoms with Gasteiger partial charge in [-0.25, -0.2) is 0 Å². The van der Waals surface area contributed by atoms with Crippen molar-refractivity contribution in [2.45, 2.75) is 31.7 Å². The molecule has 0 aromatic carbocycles. The monoisotopic (exact) mass is 255 g/mol. The van der Waals surface area contributed by atoms with Crippen LogP contribution in [0.25, 0.3) is 0 Å². The molecule has 1 N–H and O–H groups in total. The minimum atomic E-state index is 0.326. The Morgan fingerprint density at radius 1 is 1.00 bits per heavy atom. The maximum atomic E-state index is 8.85. The van der Waals surface area contributed by atoms with Gasteiger partial charge in [-0.15, -0.1) is 0 Å². The molecule has 2 fully saturated rings. The summed E-state index contributed by atoms with van der Waals surface area (Å²) in [5.74, 6) is 0. The van der Waals surface area contributed by atoms with Crippen molar-refractivity contribution in [3.63, 3.8) is 0 Å². The summed E-state index contributed by atoms with van der Waals surface area (Å²) in [6, 6.07) is 0.780. The predicted molar refractivity (Wildman–Crippen MR) is 74.9 cm³/mol. The molecule has 1 atom stereocenters. The number of aliphatic hydroxyl groups is 1. The van der Waals surface area contributed by atoms with Gasteiger partial charge >= 0.3 is 0 Å². The molecular formula is C14H29N3O. The number of nitrogens with zero attached hydrogens (tertiary/aromatic N) is 3. The number of rotatable bonds is 5. The summed E-state index contributed by atoms with van der Waals surface area (Å²) < 4.78 is 0. The molecule has 2 aliphatic heterocycles. The highest BCUT2D eigenvalue weighted by Gasteiger charge is 2.23. The third-order valence-electron chi connectivity index (χ3n) is 4.49. The van der Waals surface area contributed by atoms with Crippen LogP contribution >= 0.6 is 0 Å². The van der Waals surface area contributed by atoms with Gasteiger partial charge in [0, 0.05) is 51.9 Å². The maximum absolute atomic E-state index is 8.85. The highest BCUT2D eigenvalue weighted by Crippen LogP contribution is 2.16. The molecule has 0 bridgehead atoms. The fourth-order valence-electron chi connectivity index (χ4n) is 3.16. The number of aliphatic hydroxyl groups excluding tert-OH is 1. The lowest BCUT2D eigenvalue weighted by molar-refractivity contribution is 0.0818. The Balaban J connectivity index is 1.66. The standard InChI is InChI=1S/C14H29N3O/c1-15-6-3-2-5-14(15)13-17-10-8-16(9-11-17)7-4-12-18/h14,18H,2-13H2,1H3. The number of hydrogen-bond acceptors (Lipinski definition) is 4. The van der Waals surface area contributed by atoms with Gasteiger partial charge in [0.05, 0.1) is 0 Å². The summed E-state index contributed by atoms with van der Waals surface area (Å²) in [7, 11) is 2.28. The molecule has 0 spiro atoms. The fourth-order valence-corrected chi connectivity index (χ4v) is 3.16. The van der Waals surface area contributed by atoms with Crippen LogP contribution < -0.4 is 0 Å². The minimum absolute atomic E-state index is 0.326. The van der Waals surface area contributed by atoms with Crippen LogP contribution in [0.3, 0.4) is 0 Å². The van der Waals surface area contributed by atoms with Crippen molar-refractivity contribution < 1.29 is 5.11 Å². The van der Waals surface area contributed by atoms with Crippen LogP contribution in [0.4, 0.5) is 0 Å². The first-order valence-electron chi connectivity index (χ1n) is 7.55. The third-order valence-corrected chi connectivity index (χ3v) is 4.49. The van der Waals surface area contributed by atoms with Gasteiger partial charge in [0.25, 0.3) is 0 Å². The molecule has 4 nitrogen and oxygen atoms in total. The quantitative estimate of drug-likeness (QED) is 0.773. The predicted octanol–water partition coefficient (Wildman–Crippen LogP) is 0.471. The van der Waals surface area contributed by atoms with E-state index in [0.29, 0.717) is 6.61 Å². The van der Waals surface area contributed by atoms with E-state index >= 15 is 0 Å². The van der Waals surface area contributed by atoms with E-state index in [1.165, 1.54) is 58.5 Å². The van der Waals surface area contributed by atoms with Crippen LogP contribution in [0.1, 0.15) is 25.7 Å². The average Bonchev–Trinajstić information content (AvgIpc) is 2.41. The van der Waals surface area contributed by atoms with E-state index in [2.05, 4.69) is 21.7 Å². The van der Waals surface area contributed by atoms with Gasteiger partial charge in [0.1, 0.15) is 0 Å². The molecule has 106 valence electrons. The van der Waals surface area contributed by atoms with Crippen LogP contribution in [0.15, 0.2) is 0 Å². The summed E-state index contributed by atoms with van der Waals surface area (Å²) >= 11 is 0. The van der Waals surface area contributed by atoms with Crippen molar-refractivity contribution >= 4 is 0 Å². The summed E-state index contributed by atoms with van der Waals surface area (Å²) in [5, 5.41) is 8.85. The second kappa shape index (κ2) is 7.43. The van der Waals surface area contributed by atoms with E-state index in [9.17, 15) is 0 Å². The molecule has 1 unspecified atom stereocenters. The average molecular weight is 255 g/mol. The molecule has 18 heavy (non-hydrogen) atoms. The largest absolute Gasteiger partial charge is 0.396 e. The summed E-state index contributed by atoms with van der Waals surface area (Å²) in [6.07, 6.45) is 5.08. The van der Waals surface area contributed by atoms with Gasteiger partial charge in [-0.2, -0.15) is 0 Å². The van der Waals surface area contributed by atoms with E-state index in [-0.39, 0.29) is 0 Å². The Hall–Kier alpha value is -0.160. The van der Waals surface area contributed by atoms with E-state index in [1.807, 2.05) is 0 Å². The summed E-state index contributed by atoms with van der Waals surface area (Å²) in [5.41, 5.74) is 0. The molecule has 2 heterocycles. The molecule has 0 saturated carbocycles. The van der Waals surface area contributed by atoms with Gasteiger partial charge in [0.15, 0.2) is 0 Å². The van der Waals surface area contributed by atoms with Crippen molar-refractivity contribution in [3.8, 4) is 0 Å². The lowest BCUT2D eigenvalue weighted by atomic mass is 10.0. The van der Waals surface area contributed by atoms with Gasteiger partial charge in [0.2, 0.25) is 0 Å². The molecule has 0 aromatic rings. The highest BCUT2D eigenvalue weighted by molar-refractivity contribution is 4.80. The van der Waals surface area contributed by atoms with Crippen LogP contribution in [0.5, 0.6) is 0 Å². The molecular weight excluding hydrogens is 226 g/mol. The molecule has 0 radical (unpaired) electrons. The van der Waals surface area contributed by atoms with Crippen LogP contribution in [-0.2, 0) is 0 Å². The SMILES string of the molecule is CN1CCCCC1CN1CCN(CCCO)CC1. The van der Waals surface area contributed by atoms with Crippen molar-refractivity contribution in [1.29, 1.82) is 0 Å². The third kappa shape index (κ3) is 4.19. The first-order chi connectivity index (χ1) is 8.79. The Morgan fingerprint density at radius 3 is 2.39 bits per heavy atom. The molecule has 2 rings (SSSR count). The smallest absolute Gasteiger partial charge is 0.0443 e. The van der Waals surface area contributed by atoms with E-state index in [4.69, 9.17) is 5.11 Å². The first kappa shape index (κ1) is 14.3. The number of hydrogen-bond donors (Lipinski definition) is 1. The molecule has 4 heteroatoms. The Labute approximate surface area is 112 Å². The van der Waals surface area contributed by atoms with Gasteiger partial charge in [-0.05, 0) is 32.9 Å². The molecule has 0 amide bonds. The van der Waals surface area contributed by atoms with Crippen LogP contribution in [-0.4, -0.2) is 85.3 Å². The van der Waals surface area contributed by atoms with Gasteiger partial charge in [-0.3, -0.25) is 4.90 Å². The zero-order chi connectivity index (χ0) is 12.8. The molecule has 2 aliphatic rings. The van der Waals surface area contributed by atoms with Crippen molar-refractivity contribution in [1.82, 2.24) is 14.7 Å². The van der Waals surface area contributed by atoms with E-state index in [0.717, 1.165) is 19.0 Å². The fraction of sp³-hybridized carbons (Fsp3) is 1.00. The first-order valence-corrected chi connectivity index (χ1v) is 7.55. The zero-order valence-corrected chi connectivity index (χ0v) is 11.9. The number of likely N-dealkylation sites (N-methyl/N-ethyl adjacent to an activating group) is 1. The number of piperidine rings is 1. The molecule has 2 saturated heterocycles. The second-order valence-corrected chi connectivity index (χ2v) is 5.85. The van der Waals surface area contributed by atoms with Gasteiger partial charge in [-0.1, -0.05) is 6.42 Å². The Morgan fingerprint density at radius 2 is 1.72 bits per heavy atom. The van der Waals surface area contributed by atoms with Crippen molar-refractivity contribution in [2.75, 3.05) is 59.5 Å². The molecule has 0 aliphatic carbocycles. The zero-order valence-electron chi connectivity index (χ0n) is 11.9. The summed E-state index contributed by atoms with van der Waals surface area (Å²) in [6.45, 7) is 8.69. The van der Waals surface area contributed by atoms with Crippen LogP contribution in [0.2, 0.25) is 0 Å². The minimum Gasteiger partial charge on any atom is -0.396 e. The van der Waals surface area contributed by atoms with Crippen LogP contribution in [0, 0.1) is 0 Å². The lowest BCUT2D eigenvalue weighted by Gasteiger charge is -2.40. The van der Waals surface area contributed by atoms with Crippen molar-refractivity contribution in [3.05, 3.63) is 0 Å². The summed E-state index contributed by atoms with van der Waals surface area (Å²) in [4.78, 5) is 7.65. The topological polar surface area (TPSA) is 30.0 Å². The van der Waals surface area contributed by atoms with Crippen molar-refractivity contribution in [2.24, 2.45) is 0 Å². The Bertz CT molecular complexity index is 229. The van der Waals surface area contributed by atoms with E-state index < -0.39 is 0 Å². The lowest BCUT2D eigenvalue weighted by Crippen LogP contribution is -2.51. The number of piperazine rings is 1. The molecule has 0 aromatic heterocycles. The van der Waals surface area contributed by atoms with Gasteiger partial charge < -0.3 is 14.9 Å². The van der Waals surface area contributed by atoms with E-state index in [1.54, 1.807) is 0 Å². The Kier molecular flexibility index (Phi) is 5.89. The highest BCUT2D eigenvalue weighted by atomic mass is 16.3.